The van der Waals surface area contributed by atoms with Crippen LogP contribution in [0.3, 0.4) is 0 Å². The van der Waals surface area contributed by atoms with E-state index in [1.54, 1.807) is 37.5 Å². The Morgan fingerprint density at radius 2 is 2.00 bits per heavy atom. The van der Waals surface area contributed by atoms with Crippen LogP contribution >= 0.6 is 0 Å². The highest BCUT2D eigenvalue weighted by atomic mass is 19.1. The first-order valence-corrected chi connectivity index (χ1v) is 7.40. The predicted octanol–water partition coefficient (Wildman–Crippen LogP) is 3.49. The second-order valence-corrected chi connectivity index (χ2v) is 5.28. The third kappa shape index (κ3) is 3.75. The lowest BCUT2D eigenvalue weighted by Gasteiger charge is -2.14. The van der Waals surface area contributed by atoms with Gasteiger partial charge < -0.3 is 5.32 Å². The van der Waals surface area contributed by atoms with Crippen LogP contribution in [0, 0.1) is 5.82 Å². The van der Waals surface area contributed by atoms with Gasteiger partial charge in [-0.15, -0.1) is 0 Å². The van der Waals surface area contributed by atoms with E-state index >= 15 is 0 Å². The number of hydrogen-bond donors (Lipinski definition) is 3. The van der Waals surface area contributed by atoms with Crippen molar-refractivity contribution in [1.29, 1.82) is 0 Å². The number of anilines is 1. The number of benzene rings is 1. The molecule has 1 atom stereocenters. The van der Waals surface area contributed by atoms with E-state index in [1.807, 2.05) is 12.1 Å². The summed E-state index contributed by atoms with van der Waals surface area (Å²) in [6.45, 7) is 1.78. The van der Waals surface area contributed by atoms with E-state index in [2.05, 4.69) is 25.8 Å². The molecule has 7 heteroatoms. The smallest absolute Gasteiger partial charge is 0.320 e. The van der Waals surface area contributed by atoms with Crippen molar-refractivity contribution in [3.63, 3.8) is 0 Å². The largest absolute Gasteiger partial charge is 0.331 e. The Hall–Kier alpha value is -3.22. The number of rotatable bonds is 4. The molecule has 0 fully saturated rings. The standard InChI is InChI=1S/C17H16FN5O/c1-11(13-3-2-4-14(18)9-13)20-17(24)21-16-10-15(22-23-16)12-5-7-19-8-6-12/h2-11H,1H3,(H3,20,21,22,23,24). The Morgan fingerprint density at radius 3 is 2.75 bits per heavy atom. The molecule has 2 aromatic heterocycles. The summed E-state index contributed by atoms with van der Waals surface area (Å²) in [6, 6.07) is 10.8. The van der Waals surface area contributed by atoms with Gasteiger partial charge in [0.25, 0.3) is 0 Å². The van der Waals surface area contributed by atoms with E-state index in [0.29, 0.717) is 11.4 Å². The second kappa shape index (κ2) is 6.91. The van der Waals surface area contributed by atoms with Gasteiger partial charge in [-0.05, 0) is 36.8 Å². The SMILES string of the molecule is CC(NC(=O)Nc1cc(-c2ccncc2)[nH]n1)c1cccc(F)c1. The Bertz CT molecular complexity index is 834. The van der Waals surface area contributed by atoms with E-state index in [9.17, 15) is 9.18 Å². The number of pyridine rings is 1. The van der Waals surface area contributed by atoms with Crippen molar-refractivity contribution in [2.45, 2.75) is 13.0 Å². The summed E-state index contributed by atoms with van der Waals surface area (Å²) in [5, 5.41) is 12.3. The molecule has 3 rings (SSSR count). The Morgan fingerprint density at radius 1 is 1.21 bits per heavy atom. The first-order chi connectivity index (χ1) is 11.6. The second-order valence-electron chi connectivity index (χ2n) is 5.28. The molecule has 0 aliphatic carbocycles. The lowest BCUT2D eigenvalue weighted by Crippen LogP contribution is -2.31. The molecule has 0 saturated carbocycles. The number of nitrogens with one attached hydrogen (secondary N) is 3. The molecule has 0 aliphatic heterocycles. The van der Waals surface area contributed by atoms with Crippen LogP contribution in [0.4, 0.5) is 15.0 Å². The van der Waals surface area contributed by atoms with Crippen molar-refractivity contribution < 1.29 is 9.18 Å². The number of H-pyrrole nitrogens is 1. The number of carbonyl (C=O) groups excluding carboxylic acids is 1. The van der Waals surface area contributed by atoms with Crippen LogP contribution in [0.25, 0.3) is 11.3 Å². The van der Waals surface area contributed by atoms with Gasteiger partial charge in [-0.2, -0.15) is 5.10 Å². The molecule has 0 radical (unpaired) electrons. The van der Waals surface area contributed by atoms with Gasteiger partial charge in [-0.25, -0.2) is 9.18 Å². The maximum atomic E-state index is 13.2. The molecule has 3 N–H and O–H groups in total. The van der Waals surface area contributed by atoms with Crippen molar-refractivity contribution in [3.05, 3.63) is 66.2 Å². The van der Waals surface area contributed by atoms with Crippen LogP contribution < -0.4 is 10.6 Å². The highest BCUT2D eigenvalue weighted by Crippen LogP contribution is 2.19. The lowest BCUT2D eigenvalue weighted by molar-refractivity contribution is 0.249. The molecule has 122 valence electrons. The van der Waals surface area contributed by atoms with Gasteiger partial charge >= 0.3 is 6.03 Å². The van der Waals surface area contributed by atoms with E-state index < -0.39 is 6.03 Å². The van der Waals surface area contributed by atoms with Crippen LogP contribution in [-0.4, -0.2) is 21.2 Å². The summed E-state index contributed by atoms with van der Waals surface area (Å²) in [5.41, 5.74) is 2.37. The average Bonchev–Trinajstić information content (AvgIpc) is 3.04. The number of hydrogen-bond acceptors (Lipinski definition) is 3. The topological polar surface area (TPSA) is 82.7 Å². The molecule has 24 heavy (non-hydrogen) atoms. The number of nitrogens with zero attached hydrogens (tertiary/aromatic N) is 2. The molecule has 1 unspecified atom stereocenters. The minimum atomic E-state index is -0.417. The number of carbonyl (C=O) groups is 1. The fourth-order valence-electron chi connectivity index (χ4n) is 2.27. The van der Waals surface area contributed by atoms with Crippen molar-refractivity contribution in [2.75, 3.05) is 5.32 Å². The van der Waals surface area contributed by atoms with E-state index in [4.69, 9.17) is 0 Å². The minimum absolute atomic E-state index is 0.334. The van der Waals surface area contributed by atoms with Gasteiger partial charge in [-0.1, -0.05) is 12.1 Å². The van der Waals surface area contributed by atoms with Gasteiger partial charge in [0.15, 0.2) is 5.82 Å². The van der Waals surface area contributed by atoms with Gasteiger partial charge in [0.2, 0.25) is 0 Å². The summed E-state index contributed by atoms with van der Waals surface area (Å²) >= 11 is 0. The maximum Gasteiger partial charge on any atom is 0.320 e. The summed E-state index contributed by atoms with van der Waals surface area (Å²) in [6.07, 6.45) is 3.35. The van der Waals surface area contributed by atoms with E-state index in [0.717, 1.165) is 11.3 Å². The normalized spacial score (nSPS) is 11.8. The summed E-state index contributed by atoms with van der Waals surface area (Å²) in [5.74, 6) is 0.0570. The first-order valence-electron chi connectivity index (χ1n) is 7.40. The molecular formula is C17H16FN5O. The number of aromatic amines is 1. The Labute approximate surface area is 138 Å². The summed E-state index contributed by atoms with van der Waals surface area (Å²) < 4.78 is 13.2. The molecule has 1 aromatic carbocycles. The number of halogens is 1. The molecule has 2 heterocycles. The molecule has 0 bridgehead atoms. The quantitative estimate of drug-likeness (QED) is 0.686. The van der Waals surface area contributed by atoms with E-state index in [-0.39, 0.29) is 11.9 Å². The highest BCUT2D eigenvalue weighted by Gasteiger charge is 2.12. The van der Waals surface area contributed by atoms with Gasteiger partial charge in [-0.3, -0.25) is 15.4 Å². The van der Waals surface area contributed by atoms with Crippen LogP contribution in [0.15, 0.2) is 54.9 Å². The van der Waals surface area contributed by atoms with Crippen molar-refractivity contribution in [2.24, 2.45) is 0 Å². The van der Waals surface area contributed by atoms with Crippen molar-refractivity contribution in [1.82, 2.24) is 20.5 Å². The van der Waals surface area contributed by atoms with E-state index in [1.165, 1.54) is 12.1 Å². The van der Waals surface area contributed by atoms with Crippen LogP contribution in [-0.2, 0) is 0 Å². The number of aromatic nitrogens is 3. The van der Waals surface area contributed by atoms with Gasteiger partial charge in [0.1, 0.15) is 5.82 Å². The molecule has 3 aromatic rings. The monoisotopic (exact) mass is 325 g/mol. The maximum absolute atomic E-state index is 13.2. The van der Waals surface area contributed by atoms with Crippen LogP contribution in [0.5, 0.6) is 0 Å². The van der Waals surface area contributed by atoms with Crippen LogP contribution in [0.1, 0.15) is 18.5 Å². The zero-order valence-corrected chi connectivity index (χ0v) is 13.0. The molecule has 0 aliphatic rings. The zero-order valence-electron chi connectivity index (χ0n) is 13.0. The highest BCUT2D eigenvalue weighted by molar-refractivity contribution is 5.89. The van der Waals surface area contributed by atoms with Gasteiger partial charge in [0.05, 0.1) is 11.7 Å². The average molecular weight is 325 g/mol. The minimum Gasteiger partial charge on any atom is -0.331 e. The number of amides is 2. The molecule has 6 nitrogen and oxygen atoms in total. The molecule has 0 spiro atoms. The van der Waals surface area contributed by atoms with Crippen molar-refractivity contribution in [3.8, 4) is 11.3 Å². The Balaban J connectivity index is 1.62. The van der Waals surface area contributed by atoms with Crippen LogP contribution in [0.2, 0.25) is 0 Å². The summed E-state index contributed by atoms with van der Waals surface area (Å²) in [7, 11) is 0. The summed E-state index contributed by atoms with van der Waals surface area (Å²) in [4.78, 5) is 16.0. The molecule has 0 saturated heterocycles. The zero-order chi connectivity index (χ0) is 16.9. The fraction of sp³-hybridized carbons (Fsp3) is 0.118. The third-order valence-corrected chi connectivity index (χ3v) is 3.51. The lowest BCUT2D eigenvalue weighted by atomic mass is 10.1. The molecule has 2 amide bonds. The van der Waals surface area contributed by atoms with Crippen molar-refractivity contribution >= 4 is 11.8 Å². The predicted molar refractivity (Wildman–Crippen MR) is 88.8 cm³/mol. The van der Waals surface area contributed by atoms with Gasteiger partial charge in [0, 0.05) is 24.0 Å². The molecular weight excluding hydrogens is 309 g/mol. The third-order valence-electron chi connectivity index (χ3n) is 3.51. The first kappa shape index (κ1) is 15.7. The Kier molecular flexibility index (Phi) is 4.51. The fourth-order valence-corrected chi connectivity index (χ4v) is 2.27. The number of urea groups is 1.